The lowest BCUT2D eigenvalue weighted by atomic mass is 10.2. The Labute approximate surface area is 193 Å². The van der Waals surface area contributed by atoms with E-state index in [1.807, 2.05) is 54.8 Å². The summed E-state index contributed by atoms with van der Waals surface area (Å²) in [7, 11) is 2.13. The van der Waals surface area contributed by atoms with Gasteiger partial charge < -0.3 is 19.9 Å². The summed E-state index contributed by atoms with van der Waals surface area (Å²) in [6.45, 7) is 6.35. The van der Waals surface area contributed by atoms with Crippen molar-refractivity contribution >= 4 is 34.7 Å². The smallest absolute Gasteiger partial charge is 0.248 e. The molecule has 2 heterocycles. The zero-order valence-corrected chi connectivity index (χ0v) is 19.3. The number of hydrogen-bond donors (Lipinski definition) is 1. The summed E-state index contributed by atoms with van der Waals surface area (Å²) >= 11 is 1.61. The van der Waals surface area contributed by atoms with Crippen molar-refractivity contribution in [2.45, 2.75) is 13.5 Å². The van der Waals surface area contributed by atoms with Gasteiger partial charge in [-0.3, -0.25) is 4.79 Å². The third-order valence-electron chi connectivity index (χ3n) is 5.34. The first-order valence-electron chi connectivity index (χ1n) is 10.7. The number of hydrogen-bond acceptors (Lipinski definition) is 6. The van der Waals surface area contributed by atoms with Gasteiger partial charge in [0, 0.05) is 37.6 Å². The van der Waals surface area contributed by atoms with E-state index in [-0.39, 0.29) is 5.91 Å². The lowest BCUT2D eigenvalue weighted by molar-refractivity contribution is -0.111. The number of thiazole rings is 1. The molecule has 0 spiro atoms. The lowest BCUT2D eigenvalue weighted by Crippen LogP contribution is -2.44. The van der Waals surface area contributed by atoms with Gasteiger partial charge in [0.1, 0.15) is 12.4 Å². The summed E-state index contributed by atoms with van der Waals surface area (Å²) in [4.78, 5) is 21.7. The molecule has 1 aliphatic rings. The van der Waals surface area contributed by atoms with E-state index in [9.17, 15) is 4.79 Å². The molecule has 0 aliphatic carbocycles. The highest BCUT2D eigenvalue weighted by Crippen LogP contribution is 2.26. The van der Waals surface area contributed by atoms with Gasteiger partial charge in [-0.05, 0) is 49.9 Å². The van der Waals surface area contributed by atoms with Gasteiger partial charge in [0.05, 0.1) is 22.1 Å². The maximum Gasteiger partial charge on any atom is 0.248 e. The average Bonchev–Trinajstić information content (AvgIpc) is 3.23. The largest absolute Gasteiger partial charge is 0.487 e. The first kappa shape index (κ1) is 22.0. The molecule has 1 amide bonds. The van der Waals surface area contributed by atoms with Crippen molar-refractivity contribution in [3.8, 4) is 5.75 Å². The van der Waals surface area contributed by atoms with E-state index in [1.54, 1.807) is 23.5 Å². The Kier molecular flexibility index (Phi) is 7.19. The highest BCUT2D eigenvalue weighted by molar-refractivity contribution is 7.09. The molecule has 0 unspecified atom stereocenters. The van der Waals surface area contributed by atoms with Crippen molar-refractivity contribution in [1.82, 2.24) is 9.88 Å². The quantitative estimate of drug-likeness (QED) is 0.542. The maximum absolute atomic E-state index is 12.6. The summed E-state index contributed by atoms with van der Waals surface area (Å²) in [6.07, 6.45) is 3.36. The van der Waals surface area contributed by atoms with Crippen LogP contribution in [0.3, 0.4) is 0 Å². The molecule has 2 aromatic carbocycles. The molecule has 32 heavy (non-hydrogen) atoms. The molecule has 1 fully saturated rings. The van der Waals surface area contributed by atoms with Crippen LogP contribution in [0.5, 0.6) is 5.75 Å². The van der Waals surface area contributed by atoms with Crippen LogP contribution in [0.25, 0.3) is 6.08 Å². The number of aryl methyl sites for hydroxylation is 1. The van der Waals surface area contributed by atoms with Crippen LogP contribution in [0.15, 0.2) is 60.0 Å². The summed E-state index contributed by atoms with van der Waals surface area (Å²) in [5.74, 6) is 0.592. The molecule has 3 aromatic rings. The molecule has 0 atom stereocenters. The number of carbonyl (C=O) groups is 1. The van der Waals surface area contributed by atoms with Crippen molar-refractivity contribution in [3.05, 3.63) is 76.3 Å². The number of carbonyl (C=O) groups excluding carboxylic acids is 1. The predicted octanol–water partition coefficient (Wildman–Crippen LogP) is 4.43. The number of ether oxygens (including phenoxy) is 1. The highest BCUT2D eigenvalue weighted by atomic mass is 32.1. The second-order valence-corrected chi connectivity index (χ2v) is 8.91. The fourth-order valence-corrected chi connectivity index (χ4v) is 4.19. The van der Waals surface area contributed by atoms with Gasteiger partial charge in [0.25, 0.3) is 0 Å². The van der Waals surface area contributed by atoms with Crippen LogP contribution in [0.1, 0.15) is 16.3 Å². The Morgan fingerprint density at radius 1 is 1.16 bits per heavy atom. The van der Waals surface area contributed by atoms with Crippen LogP contribution in [0.4, 0.5) is 11.4 Å². The maximum atomic E-state index is 12.6. The number of aromatic nitrogens is 1. The van der Waals surface area contributed by atoms with Crippen LogP contribution in [0, 0.1) is 6.92 Å². The van der Waals surface area contributed by atoms with Gasteiger partial charge in [0.2, 0.25) is 5.91 Å². The number of piperazine rings is 1. The minimum absolute atomic E-state index is 0.157. The topological polar surface area (TPSA) is 57.7 Å². The second-order valence-electron chi connectivity index (χ2n) is 7.85. The van der Waals surface area contributed by atoms with Crippen LogP contribution >= 0.6 is 11.3 Å². The normalized spacial score (nSPS) is 14.6. The number of nitrogens with zero attached hydrogens (tertiary/aromatic N) is 3. The highest BCUT2D eigenvalue weighted by Gasteiger charge is 2.17. The molecular formula is C25H28N4O2S. The van der Waals surface area contributed by atoms with Crippen molar-refractivity contribution in [2.24, 2.45) is 0 Å². The Bertz CT molecular complexity index is 1090. The van der Waals surface area contributed by atoms with Gasteiger partial charge in [-0.15, -0.1) is 11.3 Å². The van der Waals surface area contributed by atoms with E-state index in [1.165, 1.54) is 0 Å². The van der Waals surface area contributed by atoms with Gasteiger partial charge in [-0.25, -0.2) is 4.98 Å². The van der Waals surface area contributed by atoms with E-state index >= 15 is 0 Å². The monoisotopic (exact) mass is 448 g/mol. The predicted molar refractivity (Wildman–Crippen MR) is 131 cm³/mol. The molecule has 0 saturated carbocycles. The first-order valence-corrected chi connectivity index (χ1v) is 11.6. The molecule has 7 heteroatoms. The summed E-state index contributed by atoms with van der Waals surface area (Å²) in [6, 6.07) is 15.7. The van der Waals surface area contributed by atoms with E-state index in [2.05, 4.69) is 33.2 Å². The van der Waals surface area contributed by atoms with Gasteiger partial charge in [-0.1, -0.05) is 24.3 Å². The van der Waals surface area contributed by atoms with Crippen molar-refractivity contribution in [2.75, 3.05) is 43.4 Å². The fourth-order valence-electron chi connectivity index (χ4n) is 3.59. The minimum Gasteiger partial charge on any atom is -0.487 e. The number of anilines is 2. The Morgan fingerprint density at radius 3 is 2.75 bits per heavy atom. The summed E-state index contributed by atoms with van der Waals surface area (Å²) in [5, 5.41) is 6.07. The Hall–Kier alpha value is -3.16. The standard InChI is InChI=1S/C25H28N4O2S/c1-19-26-21(18-32-19)17-31-22-7-5-6-20(16-22)10-11-25(30)27-23-8-3-4-9-24(23)29-14-12-28(2)13-15-29/h3-11,16,18H,12-15,17H2,1-2H3,(H,27,30)/b11-10+. The van der Waals surface area contributed by atoms with Crippen LogP contribution in [0.2, 0.25) is 0 Å². The number of para-hydroxylation sites is 2. The Balaban J connectivity index is 1.37. The molecular weight excluding hydrogens is 420 g/mol. The summed E-state index contributed by atoms with van der Waals surface area (Å²) < 4.78 is 5.84. The molecule has 1 N–H and O–H groups in total. The number of rotatable bonds is 7. The molecule has 166 valence electrons. The number of benzene rings is 2. The van der Waals surface area contributed by atoms with Crippen LogP contribution in [-0.2, 0) is 11.4 Å². The number of nitrogens with one attached hydrogen (secondary N) is 1. The van der Waals surface area contributed by atoms with Crippen molar-refractivity contribution < 1.29 is 9.53 Å². The zero-order chi connectivity index (χ0) is 22.3. The molecule has 0 bridgehead atoms. The fraction of sp³-hybridized carbons (Fsp3) is 0.280. The third kappa shape index (κ3) is 5.96. The molecule has 1 aliphatic heterocycles. The van der Waals surface area contributed by atoms with E-state index < -0.39 is 0 Å². The first-order chi connectivity index (χ1) is 15.6. The van der Waals surface area contributed by atoms with Crippen molar-refractivity contribution in [1.29, 1.82) is 0 Å². The molecule has 1 aromatic heterocycles. The van der Waals surface area contributed by atoms with Gasteiger partial charge in [0.15, 0.2) is 0 Å². The zero-order valence-electron chi connectivity index (χ0n) is 18.5. The summed E-state index contributed by atoms with van der Waals surface area (Å²) in [5.41, 5.74) is 3.73. The molecule has 6 nitrogen and oxygen atoms in total. The van der Waals surface area contributed by atoms with Gasteiger partial charge >= 0.3 is 0 Å². The minimum atomic E-state index is -0.157. The van der Waals surface area contributed by atoms with Crippen molar-refractivity contribution in [3.63, 3.8) is 0 Å². The Morgan fingerprint density at radius 2 is 1.97 bits per heavy atom. The number of amides is 1. The van der Waals surface area contributed by atoms with Gasteiger partial charge in [-0.2, -0.15) is 0 Å². The van der Waals surface area contributed by atoms with E-state index in [0.717, 1.165) is 59.6 Å². The van der Waals surface area contributed by atoms with Crippen LogP contribution < -0.4 is 15.0 Å². The van der Waals surface area contributed by atoms with E-state index in [0.29, 0.717) is 6.61 Å². The number of likely N-dealkylation sites (N-methyl/N-ethyl adjacent to an activating group) is 1. The lowest BCUT2D eigenvalue weighted by Gasteiger charge is -2.35. The SMILES string of the molecule is Cc1nc(COc2cccc(/C=C/C(=O)Nc3ccccc3N3CCN(C)CC3)c2)cs1. The molecule has 0 radical (unpaired) electrons. The molecule has 1 saturated heterocycles. The molecule has 4 rings (SSSR count). The average molecular weight is 449 g/mol. The van der Waals surface area contributed by atoms with E-state index in [4.69, 9.17) is 4.74 Å². The van der Waals surface area contributed by atoms with Crippen LogP contribution in [-0.4, -0.2) is 49.0 Å². The third-order valence-corrected chi connectivity index (χ3v) is 6.17. The second kappa shape index (κ2) is 10.4.